The van der Waals surface area contributed by atoms with E-state index in [2.05, 4.69) is 16.5 Å². The van der Waals surface area contributed by atoms with E-state index in [1.54, 1.807) is 13.8 Å². The van der Waals surface area contributed by atoms with Gasteiger partial charge >= 0.3 is 0 Å². The lowest BCUT2D eigenvalue weighted by atomic mass is 9.95. The molecule has 2 aliphatic carbocycles. The topological polar surface area (TPSA) is 123 Å². The number of ether oxygens (including phenoxy) is 1. The van der Waals surface area contributed by atoms with Crippen LogP contribution >= 0.6 is 0 Å². The number of benzene rings is 1. The molecule has 0 bridgehead atoms. The predicted molar refractivity (Wildman–Crippen MR) is 109 cm³/mol. The molecular formula is C20H24FN5O3S. The molecular weight excluding hydrogens is 409 g/mol. The van der Waals surface area contributed by atoms with Gasteiger partial charge in [-0.3, -0.25) is 4.79 Å². The van der Waals surface area contributed by atoms with Crippen LogP contribution in [-0.2, 0) is 45.9 Å². The summed E-state index contributed by atoms with van der Waals surface area (Å²) in [5.41, 5.74) is 3.95. The Morgan fingerprint density at radius 2 is 2.13 bits per heavy atom. The number of alkyl halides is 1. The summed E-state index contributed by atoms with van der Waals surface area (Å²) in [4.78, 5) is 13.3. The van der Waals surface area contributed by atoms with Crippen molar-refractivity contribution in [3.8, 4) is 5.88 Å². The number of anilines is 1. The van der Waals surface area contributed by atoms with Crippen LogP contribution in [0.2, 0.25) is 0 Å². The highest BCUT2D eigenvalue weighted by Crippen LogP contribution is 2.42. The van der Waals surface area contributed by atoms with Crippen molar-refractivity contribution in [2.75, 3.05) is 5.32 Å². The number of amides is 1. The number of carbonyl (C=O) groups is 1. The minimum absolute atomic E-state index is 0.0346. The van der Waals surface area contributed by atoms with Gasteiger partial charge < -0.3 is 10.1 Å². The Morgan fingerprint density at radius 3 is 2.87 bits per heavy atom. The third-order valence-electron chi connectivity index (χ3n) is 6.39. The summed E-state index contributed by atoms with van der Waals surface area (Å²) in [6, 6.07) is 2.09. The zero-order valence-electron chi connectivity index (χ0n) is 16.8. The number of hydrogen-bond donors (Lipinski definition) is 3. The standard InChI is InChI=1S/C20H24FN5O3S/c1-20(2)17(29-19-15(30(22,23)28)9-24-26(19)20)18(27)25-16-13-5-3-4-10(13)6-11-7-12(21)8-14(11)16/h6,9,12,17H,3-5,7-8H2,1-2H3,(H,25,27)(H3,22,23,28)/t12-,17?/m0/s1. The molecule has 1 amide bonds. The lowest BCUT2D eigenvalue weighted by molar-refractivity contribution is -0.124. The van der Waals surface area contributed by atoms with Gasteiger partial charge in [0, 0.05) is 18.5 Å². The van der Waals surface area contributed by atoms with Crippen LogP contribution in [-0.4, -0.2) is 32.2 Å². The molecule has 2 heterocycles. The normalized spacial score (nSPS) is 25.2. The molecule has 8 nitrogen and oxygen atoms in total. The molecule has 0 radical (unpaired) electrons. The molecule has 0 fully saturated rings. The summed E-state index contributed by atoms with van der Waals surface area (Å²) in [5, 5.41) is 12.7. The first-order valence-electron chi connectivity index (χ1n) is 10.0. The van der Waals surface area contributed by atoms with Gasteiger partial charge in [0.15, 0.2) is 0 Å². The SMILES string of the molecule is CC1(C)C(C(=O)Nc2c3c(cc4c2C[C@@H](F)C4)CCC3)Oc2c(S(=N)(N)=O)cnn21. The van der Waals surface area contributed by atoms with Crippen molar-refractivity contribution in [3.05, 3.63) is 34.5 Å². The van der Waals surface area contributed by atoms with Crippen LogP contribution in [0.15, 0.2) is 17.2 Å². The molecule has 0 spiro atoms. The molecule has 2 aromatic rings. The third kappa shape index (κ3) is 2.77. The van der Waals surface area contributed by atoms with Crippen LogP contribution in [0.25, 0.3) is 0 Å². The fourth-order valence-corrected chi connectivity index (χ4v) is 5.53. The Balaban J connectivity index is 1.50. The minimum Gasteiger partial charge on any atom is -0.461 e. The number of hydrogen-bond acceptors (Lipinski definition) is 5. The lowest BCUT2D eigenvalue weighted by Gasteiger charge is -2.26. The zero-order chi connectivity index (χ0) is 21.4. The van der Waals surface area contributed by atoms with Gasteiger partial charge in [0.25, 0.3) is 5.91 Å². The number of aromatic nitrogens is 2. The molecule has 1 aromatic carbocycles. The summed E-state index contributed by atoms with van der Waals surface area (Å²) in [6.07, 6.45) is 2.83. The fraction of sp³-hybridized carbons (Fsp3) is 0.500. The number of nitrogens with one attached hydrogen (secondary N) is 2. The molecule has 0 saturated heterocycles. The van der Waals surface area contributed by atoms with Gasteiger partial charge in [-0.25, -0.2) is 23.2 Å². The summed E-state index contributed by atoms with van der Waals surface area (Å²) in [6.45, 7) is 3.56. The van der Waals surface area contributed by atoms with Crippen LogP contribution < -0.4 is 15.2 Å². The second-order valence-electron chi connectivity index (χ2n) is 8.85. The van der Waals surface area contributed by atoms with Crippen LogP contribution in [0.3, 0.4) is 0 Å². The monoisotopic (exact) mass is 433 g/mol. The maximum atomic E-state index is 14.1. The summed E-state index contributed by atoms with van der Waals surface area (Å²) >= 11 is 0. The molecule has 0 saturated carbocycles. The van der Waals surface area contributed by atoms with E-state index in [1.165, 1.54) is 16.4 Å². The van der Waals surface area contributed by atoms with E-state index in [9.17, 15) is 13.4 Å². The molecule has 10 heteroatoms. The number of nitrogens with zero attached hydrogens (tertiary/aromatic N) is 2. The fourth-order valence-electron chi connectivity index (χ4n) is 4.93. The first kappa shape index (κ1) is 19.5. The average Bonchev–Trinajstić information content (AvgIpc) is 3.37. The second-order valence-corrected chi connectivity index (χ2v) is 10.5. The van der Waals surface area contributed by atoms with Crippen LogP contribution in [0.4, 0.5) is 10.1 Å². The number of rotatable bonds is 3. The average molecular weight is 434 g/mol. The van der Waals surface area contributed by atoms with Gasteiger partial charge in [-0.15, -0.1) is 0 Å². The summed E-state index contributed by atoms with van der Waals surface area (Å²) in [5.74, 6) is -0.301. The van der Waals surface area contributed by atoms with Crippen molar-refractivity contribution < 1.29 is 18.1 Å². The van der Waals surface area contributed by atoms with Crippen molar-refractivity contribution >= 4 is 21.5 Å². The number of carbonyl (C=O) groups excluding carboxylic acids is 1. The smallest absolute Gasteiger partial charge is 0.268 e. The van der Waals surface area contributed by atoms with Crippen LogP contribution in [0.5, 0.6) is 5.88 Å². The van der Waals surface area contributed by atoms with Gasteiger partial charge in [-0.1, -0.05) is 6.07 Å². The Kier molecular flexibility index (Phi) is 4.08. The number of aryl methyl sites for hydroxylation is 1. The van der Waals surface area contributed by atoms with Gasteiger partial charge in [0.1, 0.15) is 26.5 Å². The van der Waals surface area contributed by atoms with Gasteiger partial charge in [0.05, 0.1) is 6.20 Å². The van der Waals surface area contributed by atoms with E-state index in [0.29, 0.717) is 12.8 Å². The molecule has 160 valence electrons. The number of halogens is 1. The minimum atomic E-state index is -3.55. The Hall–Kier alpha value is -2.46. The number of nitrogens with two attached hydrogens (primary N) is 1. The van der Waals surface area contributed by atoms with Crippen molar-refractivity contribution in [3.63, 3.8) is 0 Å². The van der Waals surface area contributed by atoms with Gasteiger partial charge in [-0.05, 0) is 55.4 Å². The molecule has 3 aliphatic rings. The van der Waals surface area contributed by atoms with Gasteiger partial charge in [0.2, 0.25) is 12.0 Å². The maximum absolute atomic E-state index is 14.1. The van der Waals surface area contributed by atoms with E-state index in [1.807, 2.05) is 0 Å². The number of fused-ring (bicyclic) bond motifs is 3. The predicted octanol–water partition coefficient (Wildman–Crippen LogP) is 2.22. The maximum Gasteiger partial charge on any atom is 0.268 e. The highest BCUT2D eigenvalue weighted by atomic mass is 32.2. The van der Waals surface area contributed by atoms with Crippen molar-refractivity contribution in [1.82, 2.24) is 9.78 Å². The second kappa shape index (κ2) is 6.27. The molecule has 1 aromatic heterocycles. The molecule has 5 rings (SSSR count). The first-order chi connectivity index (χ1) is 14.1. The summed E-state index contributed by atoms with van der Waals surface area (Å²) in [7, 11) is -3.55. The quantitative estimate of drug-likeness (QED) is 0.687. The molecule has 2 unspecified atom stereocenters. The zero-order valence-corrected chi connectivity index (χ0v) is 17.6. The van der Waals surface area contributed by atoms with Crippen molar-refractivity contribution in [1.29, 1.82) is 4.78 Å². The Morgan fingerprint density at radius 1 is 1.37 bits per heavy atom. The Bertz CT molecular complexity index is 1190. The van der Waals surface area contributed by atoms with E-state index >= 15 is 0 Å². The largest absolute Gasteiger partial charge is 0.461 e. The van der Waals surface area contributed by atoms with Crippen LogP contribution in [0, 0.1) is 4.78 Å². The van der Waals surface area contributed by atoms with Gasteiger partial charge in [-0.2, -0.15) is 5.10 Å². The molecule has 1 aliphatic heterocycles. The van der Waals surface area contributed by atoms with Crippen molar-refractivity contribution in [2.24, 2.45) is 5.14 Å². The lowest BCUT2D eigenvalue weighted by Crippen LogP contribution is -2.45. The summed E-state index contributed by atoms with van der Waals surface area (Å²) < 4.78 is 41.1. The van der Waals surface area contributed by atoms with E-state index in [-0.39, 0.29) is 16.7 Å². The molecule has 4 N–H and O–H groups in total. The van der Waals surface area contributed by atoms with Crippen LogP contribution in [0.1, 0.15) is 42.5 Å². The first-order valence-corrected chi connectivity index (χ1v) is 11.6. The van der Waals surface area contributed by atoms with E-state index < -0.39 is 27.7 Å². The van der Waals surface area contributed by atoms with E-state index in [4.69, 9.17) is 14.7 Å². The molecule has 3 atom stereocenters. The van der Waals surface area contributed by atoms with Crippen molar-refractivity contribution in [2.45, 2.75) is 68.7 Å². The molecule has 30 heavy (non-hydrogen) atoms. The Labute approximate surface area is 174 Å². The van der Waals surface area contributed by atoms with E-state index in [0.717, 1.165) is 41.6 Å². The third-order valence-corrected chi connectivity index (χ3v) is 7.32. The highest BCUT2D eigenvalue weighted by molar-refractivity contribution is 7.90. The highest BCUT2D eigenvalue weighted by Gasteiger charge is 2.49.